The first-order valence-corrected chi connectivity index (χ1v) is 7.86. The van der Waals surface area contributed by atoms with E-state index in [-0.39, 0.29) is 24.2 Å². The van der Waals surface area contributed by atoms with Gasteiger partial charge in [-0.25, -0.2) is 0 Å². The summed E-state index contributed by atoms with van der Waals surface area (Å²) in [4.78, 5) is 24.9. The van der Waals surface area contributed by atoms with E-state index in [0.717, 1.165) is 17.7 Å². The van der Waals surface area contributed by atoms with Crippen molar-refractivity contribution in [3.05, 3.63) is 63.7 Å². The van der Waals surface area contributed by atoms with Gasteiger partial charge in [-0.1, -0.05) is 24.3 Å². The van der Waals surface area contributed by atoms with Gasteiger partial charge in [0.2, 0.25) is 5.91 Å². The van der Waals surface area contributed by atoms with Crippen LogP contribution in [-0.2, 0) is 11.2 Å². The van der Waals surface area contributed by atoms with Crippen LogP contribution in [0, 0.1) is 17.0 Å². The molecule has 0 fully saturated rings. The molecule has 0 aromatic heterocycles. The first-order valence-electron chi connectivity index (χ1n) is 7.86. The van der Waals surface area contributed by atoms with E-state index in [1.165, 1.54) is 17.7 Å². The molecule has 0 spiro atoms. The van der Waals surface area contributed by atoms with E-state index < -0.39 is 4.92 Å². The Labute approximate surface area is 140 Å². The van der Waals surface area contributed by atoms with Gasteiger partial charge in [-0.2, -0.15) is 0 Å². The third-order valence-electron chi connectivity index (χ3n) is 4.34. The number of anilines is 2. The van der Waals surface area contributed by atoms with Crippen LogP contribution < -0.4 is 10.2 Å². The zero-order valence-electron chi connectivity index (χ0n) is 13.7. The number of hydrogen-bond acceptors (Lipinski definition) is 4. The first kappa shape index (κ1) is 16.0. The number of rotatable bonds is 4. The molecule has 1 aliphatic rings. The molecule has 6 nitrogen and oxygen atoms in total. The van der Waals surface area contributed by atoms with Gasteiger partial charge in [0.1, 0.15) is 0 Å². The summed E-state index contributed by atoms with van der Waals surface area (Å²) in [7, 11) is 0. The number of nitrogens with zero attached hydrogens (tertiary/aromatic N) is 2. The van der Waals surface area contributed by atoms with Crippen LogP contribution in [0.5, 0.6) is 0 Å². The second-order valence-corrected chi connectivity index (χ2v) is 6.06. The molecule has 0 bridgehead atoms. The highest BCUT2D eigenvalue weighted by Gasteiger charge is 2.30. The number of nitro groups is 1. The van der Waals surface area contributed by atoms with Crippen molar-refractivity contribution in [3.63, 3.8) is 0 Å². The zero-order valence-corrected chi connectivity index (χ0v) is 13.7. The van der Waals surface area contributed by atoms with E-state index in [9.17, 15) is 14.9 Å². The van der Waals surface area contributed by atoms with Crippen molar-refractivity contribution in [1.29, 1.82) is 0 Å². The average Bonchev–Trinajstić information content (AvgIpc) is 2.89. The molecule has 0 saturated heterocycles. The Hall–Kier alpha value is -2.89. The minimum atomic E-state index is -0.439. The topological polar surface area (TPSA) is 75.5 Å². The number of para-hydroxylation sites is 1. The average molecular weight is 325 g/mol. The van der Waals surface area contributed by atoms with Crippen LogP contribution in [0.3, 0.4) is 0 Å². The molecule has 1 atom stereocenters. The van der Waals surface area contributed by atoms with Gasteiger partial charge in [0.15, 0.2) is 0 Å². The summed E-state index contributed by atoms with van der Waals surface area (Å²) in [6.07, 6.45) is 0.845. The van der Waals surface area contributed by atoms with Gasteiger partial charge >= 0.3 is 0 Å². The molecule has 1 aliphatic heterocycles. The number of fused-ring (bicyclic) bond motifs is 1. The molecule has 3 rings (SSSR count). The fourth-order valence-corrected chi connectivity index (χ4v) is 3.12. The molecule has 2 aromatic carbocycles. The summed E-state index contributed by atoms with van der Waals surface area (Å²) < 4.78 is 0. The Morgan fingerprint density at radius 3 is 2.83 bits per heavy atom. The van der Waals surface area contributed by atoms with E-state index >= 15 is 0 Å². The molecule has 1 amide bonds. The second kappa shape index (κ2) is 6.31. The van der Waals surface area contributed by atoms with Crippen molar-refractivity contribution >= 4 is 23.0 Å². The van der Waals surface area contributed by atoms with Crippen molar-refractivity contribution in [1.82, 2.24) is 0 Å². The molecule has 2 aromatic rings. The quantitative estimate of drug-likeness (QED) is 0.691. The van der Waals surface area contributed by atoms with E-state index in [1.54, 1.807) is 11.0 Å². The minimum absolute atomic E-state index is 0.00966. The molecule has 1 heterocycles. The Morgan fingerprint density at radius 2 is 2.08 bits per heavy atom. The maximum absolute atomic E-state index is 12.7. The van der Waals surface area contributed by atoms with E-state index in [2.05, 4.69) is 5.32 Å². The lowest BCUT2D eigenvalue weighted by atomic mass is 10.1. The summed E-state index contributed by atoms with van der Waals surface area (Å²) in [5, 5.41) is 13.9. The van der Waals surface area contributed by atoms with E-state index in [4.69, 9.17) is 0 Å². The number of non-ortho nitro benzene ring substituents is 1. The lowest BCUT2D eigenvalue weighted by Crippen LogP contribution is -2.39. The number of benzene rings is 2. The fraction of sp³-hybridized carbons (Fsp3) is 0.278. The van der Waals surface area contributed by atoms with Crippen LogP contribution in [0.1, 0.15) is 18.1 Å². The highest BCUT2D eigenvalue weighted by atomic mass is 16.6. The number of nitrogens with one attached hydrogen (secondary N) is 1. The van der Waals surface area contributed by atoms with Gasteiger partial charge in [0.05, 0.1) is 11.5 Å². The maximum atomic E-state index is 12.7. The molecule has 24 heavy (non-hydrogen) atoms. The third-order valence-corrected chi connectivity index (χ3v) is 4.34. The zero-order chi connectivity index (χ0) is 17.3. The van der Waals surface area contributed by atoms with Gasteiger partial charge in [-0.05, 0) is 37.5 Å². The molecular weight excluding hydrogens is 306 g/mol. The van der Waals surface area contributed by atoms with Crippen LogP contribution >= 0.6 is 0 Å². The standard InChI is InChI=1S/C18H19N3O3/c1-12-7-8-15(21(23)24)10-16(12)19-11-18(22)20-13(2)9-14-5-3-4-6-17(14)20/h3-8,10,13,19H,9,11H2,1-2H3. The SMILES string of the molecule is Cc1ccc([N+](=O)[O-])cc1NCC(=O)N1c2ccccc2CC1C. The lowest BCUT2D eigenvalue weighted by Gasteiger charge is -2.23. The summed E-state index contributed by atoms with van der Waals surface area (Å²) >= 11 is 0. The largest absolute Gasteiger partial charge is 0.376 e. The smallest absolute Gasteiger partial charge is 0.271 e. The normalized spacial score (nSPS) is 15.9. The van der Waals surface area contributed by atoms with Crippen LogP contribution in [0.15, 0.2) is 42.5 Å². The molecule has 0 aliphatic carbocycles. The molecular formula is C18H19N3O3. The predicted octanol–water partition coefficient (Wildman–Crippen LogP) is 3.29. The van der Waals surface area contributed by atoms with Crippen molar-refractivity contribution in [3.8, 4) is 0 Å². The molecule has 0 saturated carbocycles. The molecule has 6 heteroatoms. The van der Waals surface area contributed by atoms with Crippen molar-refractivity contribution < 1.29 is 9.72 Å². The maximum Gasteiger partial charge on any atom is 0.271 e. The van der Waals surface area contributed by atoms with E-state index in [1.807, 2.05) is 38.1 Å². The Morgan fingerprint density at radius 1 is 1.33 bits per heavy atom. The van der Waals surface area contributed by atoms with Gasteiger partial charge in [-0.15, -0.1) is 0 Å². The molecule has 1 N–H and O–H groups in total. The highest BCUT2D eigenvalue weighted by Crippen LogP contribution is 2.32. The van der Waals surface area contributed by atoms with E-state index in [0.29, 0.717) is 5.69 Å². The van der Waals surface area contributed by atoms with Crippen molar-refractivity contribution in [2.45, 2.75) is 26.3 Å². The number of aryl methyl sites for hydroxylation is 1. The third kappa shape index (κ3) is 2.95. The van der Waals surface area contributed by atoms with Gasteiger partial charge < -0.3 is 10.2 Å². The van der Waals surface area contributed by atoms with Crippen LogP contribution in [-0.4, -0.2) is 23.4 Å². The number of nitro benzene ring substituents is 1. The molecule has 124 valence electrons. The van der Waals surface area contributed by atoms with Crippen LogP contribution in [0.25, 0.3) is 0 Å². The Kier molecular flexibility index (Phi) is 4.20. The Balaban J connectivity index is 1.75. The minimum Gasteiger partial charge on any atom is -0.376 e. The predicted molar refractivity (Wildman–Crippen MR) is 93.4 cm³/mol. The molecule has 0 radical (unpaired) electrons. The van der Waals surface area contributed by atoms with Crippen LogP contribution in [0.4, 0.5) is 17.1 Å². The second-order valence-electron chi connectivity index (χ2n) is 6.06. The fourth-order valence-electron chi connectivity index (χ4n) is 3.12. The summed E-state index contributed by atoms with van der Waals surface area (Å²) in [5.74, 6) is -0.0432. The van der Waals surface area contributed by atoms with Crippen molar-refractivity contribution in [2.24, 2.45) is 0 Å². The first-order chi connectivity index (χ1) is 11.5. The highest BCUT2D eigenvalue weighted by molar-refractivity contribution is 5.98. The summed E-state index contributed by atoms with van der Waals surface area (Å²) in [5.41, 5.74) is 3.61. The Bertz CT molecular complexity index is 804. The number of carbonyl (C=O) groups is 1. The molecule has 1 unspecified atom stereocenters. The summed E-state index contributed by atoms with van der Waals surface area (Å²) in [6.45, 7) is 3.97. The lowest BCUT2D eigenvalue weighted by molar-refractivity contribution is -0.384. The van der Waals surface area contributed by atoms with Gasteiger partial charge in [-0.3, -0.25) is 14.9 Å². The summed E-state index contributed by atoms with van der Waals surface area (Å²) in [6, 6.07) is 12.6. The number of hydrogen-bond donors (Lipinski definition) is 1. The number of carbonyl (C=O) groups excluding carboxylic acids is 1. The van der Waals surface area contributed by atoms with Gasteiger partial charge in [0, 0.05) is 29.5 Å². The van der Waals surface area contributed by atoms with Crippen molar-refractivity contribution in [2.75, 3.05) is 16.8 Å². The number of amides is 1. The van der Waals surface area contributed by atoms with Crippen LogP contribution in [0.2, 0.25) is 0 Å². The monoisotopic (exact) mass is 325 g/mol. The van der Waals surface area contributed by atoms with Gasteiger partial charge in [0.25, 0.3) is 5.69 Å².